The number of aliphatic hydroxyl groups excluding tert-OH is 10. The lowest BCUT2D eigenvalue weighted by Gasteiger charge is -2.41. The SMILES string of the molecule is CC1C(CCCCCC(=O)CCCCCC(=O)CCOCC(CCOCCC(=O)CCCCCC(=O)CCCCOC2OC(CO)C(O)C(O)C2C)(COCCC(=O)CCCCCC(=O)CCCCOC2OC(CO)C(O)C(O)C2C)NC(=O)CCCCCCCCC(=O)C2C[C@H](O)C[C@H]2CCC(C)(C)C)OC(CO)C(O)C1O. The minimum atomic E-state index is -1.21. The third kappa shape index (κ3) is 41.6. The number of rotatable bonds is 68. The van der Waals surface area contributed by atoms with E-state index in [0.717, 1.165) is 57.8 Å². The molecule has 3 heterocycles. The van der Waals surface area contributed by atoms with Gasteiger partial charge in [0.15, 0.2) is 12.6 Å². The monoisotopic (exact) mass is 1630 g/mol. The van der Waals surface area contributed by atoms with Crippen LogP contribution < -0.4 is 5.32 Å². The molecule has 4 rings (SSSR count). The van der Waals surface area contributed by atoms with E-state index in [2.05, 4.69) is 26.1 Å². The number of aliphatic hydroxyl groups is 10. The fraction of sp³-hybridized carbons (Fsp3) is 0.908. The Balaban J connectivity index is 1.28. The molecule has 0 aromatic rings. The molecule has 114 heavy (non-hydrogen) atoms. The normalized spacial score (nSPS) is 27.2. The van der Waals surface area contributed by atoms with Crippen molar-refractivity contribution in [2.45, 2.75) is 396 Å². The number of amides is 1. The Kier molecular flexibility index (Phi) is 52.7. The van der Waals surface area contributed by atoms with Crippen molar-refractivity contribution in [3.63, 3.8) is 0 Å². The fourth-order valence-corrected chi connectivity index (χ4v) is 15.8. The molecule has 0 spiro atoms. The lowest BCUT2D eigenvalue weighted by atomic mass is 9.81. The zero-order chi connectivity index (χ0) is 83.9. The van der Waals surface area contributed by atoms with E-state index in [1.165, 1.54) is 0 Å². The number of carbonyl (C=O) groups excluding carboxylic acids is 8. The van der Waals surface area contributed by atoms with Crippen molar-refractivity contribution in [3.05, 3.63) is 0 Å². The van der Waals surface area contributed by atoms with Gasteiger partial charge in [-0.2, -0.15) is 0 Å². The molecule has 0 bridgehead atoms. The quantitative estimate of drug-likeness (QED) is 0.0253. The summed E-state index contributed by atoms with van der Waals surface area (Å²) in [4.78, 5) is 105. The summed E-state index contributed by atoms with van der Waals surface area (Å²) in [5.41, 5.74) is -1.00. The Morgan fingerprint density at radius 1 is 0.351 bits per heavy atom. The van der Waals surface area contributed by atoms with Crippen molar-refractivity contribution in [2.75, 3.05) is 72.7 Å². The zero-order valence-electron chi connectivity index (χ0n) is 70.4. The highest BCUT2D eigenvalue weighted by atomic mass is 16.7. The van der Waals surface area contributed by atoms with E-state index in [0.29, 0.717) is 180 Å². The summed E-state index contributed by atoms with van der Waals surface area (Å²) in [6, 6.07) is 0. The number of ether oxygens (including phenoxy) is 8. The van der Waals surface area contributed by atoms with Gasteiger partial charge in [0.1, 0.15) is 77.1 Å². The van der Waals surface area contributed by atoms with Gasteiger partial charge in [-0.3, -0.25) is 38.4 Å². The summed E-state index contributed by atoms with van der Waals surface area (Å²) in [5.74, 6) is -0.765. The van der Waals surface area contributed by atoms with Crippen LogP contribution in [0.2, 0.25) is 0 Å². The predicted molar refractivity (Wildman–Crippen MR) is 427 cm³/mol. The molecule has 1 aliphatic carbocycles. The van der Waals surface area contributed by atoms with Crippen molar-refractivity contribution in [1.29, 1.82) is 0 Å². The number of unbranched alkanes of at least 4 members (excludes halogenated alkanes) is 15. The Labute approximate surface area is 680 Å². The maximum absolute atomic E-state index is 14.1. The maximum atomic E-state index is 14.1. The van der Waals surface area contributed by atoms with Crippen LogP contribution in [0.5, 0.6) is 0 Å². The first-order valence-electron chi connectivity index (χ1n) is 44.0. The van der Waals surface area contributed by atoms with Gasteiger partial charge in [-0.15, -0.1) is 0 Å². The topological polar surface area (TPSA) is 425 Å². The van der Waals surface area contributed by atoms with E-state index in [-0.39, 0.29) is 167 Å². The first-order chi connectivity index (χ1) is 54.5. The van der Waals surface area contributed by atoms with Crippen LogP contribution in [-0.4, -0.2) is 255 Å². The molecular weight excluding hydrogens is 1470 g/mol. The predicted octanol–water partition coefficient (Wildman–Crippen LogP) is 9.21. The molecule has 1 amide bonds. The van der Waals surface area contributed by atoms with Gasteiger partial charge in [-0.05, 0) is 133 Å². The van der Waals surface area contributed by atoms with Crippen LogP contribution in [0.15, 0.2) is 0 Å². The van der Waals surface area contributed by atoms with E-state index < -0.39 is 104 Å². The molecule has 17 unspecified atom stereocenters. The molecule has 3 aliphatic heterocycles. The fourth-order valence-electron chi connectivity index (χ4n) is 15.8. The number of carbonyl (C=O) groups is 8. The summed E-state index contributed by atoms with van der Waals surface area (Å²) < 4.78 is 47.3. The standard InChI is InChI=1S/C87H153NO26/c1-60-73(112-74(55-89)81(104)78(60)101)39-23-14-21-32-64(92)29-15-11-19-34-68(96)43-50-108-58-87(88-77(100)40-24-10-8-7-9-22-38-72(99)71-54-70(98)53-63(71)41-45-86(4,5)6,59-109-51-44-69(97)35-20-13-17-31-66(94)37-26-28-48-111-85-62(3)80(103)83(106)76(57-91)114-85)46-52-107-49-42-67(95)33-18-12-16-30-65(93)36-25-27-47-110-84-61(2)79(102)82(105)75(56-90)113-84/h60-63,70-71,73-76,78-85,89-91,98,101-106H,7-59H2,1-6H3,(H,88,100)/t60?,61?,62?,63-,70-,71?,73?,74?,75?,76?,78?,79?,80?,81?,82?,83?,84?,85?,87?/m1/s1. The van der Waals surface area contributed by atoms with E-state index in [1.54, 1.807) is 13.8 Å². The van der Waals surface area contributed by atoms with Crippen LogP contribution >= 0.6 is 0 Å². The lowest BCUT2D eigenvalue weighted by molar-refractivity contribution is -0.282. The van der Waals surface area contributed by atoms with Gasteiger partial charge in [-0.25, -0.2) is 0 Å². The van der Waals surface area contributed by atoms with Crippen molar-refractivity contribution in [1.82, 2.24) is 5.32 Å². The molecule has 4 fully saturated rings. The smallest absolute Gasteiger partial charge is 0.220 e. The van der Waals surface area contributed by atoms with E-state index >= 15 is 0 Å². The van der Waals surface area contributed by atoms with Crippen molar-refractivity contribution in [3.8, 4) is 0 Å². The third-order valence-electron chi connectivity index (χ3n) is 23.6. The number of hydrogen-bond acceptors (Lipinski definition) is 26. The van der Waals surface area contributed by atoms with Gasteiger partial charge < -0.3 is 94.3 Å². The largest absolute Gasteiger partial charge is 0.394 e. The molecule has 0 aromatic heterocycles. The van der Waals surface area contributed by atoms with E-state index in [4.69, 9.17) is 37.9 Å². The summed E-state index contributed by atoms with van der Waals surface area (Å²) in [5, 5.41) is 104. The Morgan fingerprint density at radius 3 is 1.12 bits per heavy atom. The van der Waals surface area contributed by atoms with Crippen molar-refractivity contribution < 1.29 is 127 Å². The summed E-state index contributed by atoms with van der Waals surface area (Å²) in [6.45, 7) is 11.3. The molecule has 19 atom stereocenters. The van der Waals surface area contributed by atoms with Gasteiger partial charge in [0.05, 0.1) is 88.9 Å². The first-order valence-corrected chi connectivity index (χ1v) is 44.0. The Bertz CT molecular complexity index is 2580. The minimum absolute atomic E-state index is 0.00805. The molecule has 27 heteroatoms. The molecule has 4 aliphatic rings. The number of Topliss-reactive ketones (excluding diaryl/α,β-unsaturated/α-hetero) is 7. The van der Waals surface area contributed by atoms with Gasteiger partial charge >= 0.3 is 0 Å². The average Bonchev–Trinajstić information content (AvgIpc) is 1.17. The second-order valence-corrected chi connectivity index (χ2v) is 34.8. The van der Waals surface area contributed by atoms with Crippen LogP contribution in [-0.2, 0) is 76.3 Å². The molecule has 662 valence electrons. The van der Waals surface area contributed by atoms with E-state index in [1.807, 2.05) is 6.92 Å². The molecule has 0 aromatic carbocycles. The van der Waals surface area contributed by atoms with Crippen LogP contribution in [0.25, 0.3) is 0 Å². The van der Waals surface area contributed by atoms with Crippen LogP contribution in [0.4, 0.5) is 0 Å². The highest BCUT2D eigenvalue weighted by Gasteiger charge is 2.45. The van der Waals surface area contributed by atoms with Crippen molar-refractivity contribution in [2.24, 2.45) is 35.0 Å². The molecule has 11 N–H and O–H groups in total. The van der Waals surface area contributed by atoms with Gasteiger partial charge in [0, 0.05) is 133 Å². The molecule has 1 saturated carbocycles. The summed E-state index contributed by atoms with van der Waals surface area (Å²) in [6.07, 6.45) is 12.0. The zero-order valence-corrected chi connectivity index (χ0v) is 70.4. The molecule has 3 saturated heterocycles. The first kappa shape index (κ1) is 103. The summed E-state index contributed by atoms with van der Waals surface area (Å²) >= 11 is 0. The van der Waals surface area contributed by atoms with Gasteiger partial charge in [0.25, 0.3) is 0 Å². The van der Waals surface area contributed by atoms with E-state index in [9.17, 15) is 89.4 Å². The number of ketones is 7. The van der Waals surface area contributed by atoms with Crippen molar-refractivity contribution >= 4 is 46.4 Å². The molecule has 27 nitrogen and oxygen atoms in total. The summed E-state index contributed by atoms with van der Waals surface area (Å²) in [7, 11) is 0. The maximum Gasteiger partial charge on any atom is 0.220 e. The molecule has 0 radical (unpaired) electrons. The average molecular weight is 1630 g/mol. The Morgan fingerprint density at radius 2 is 0.702 bits per heavy atom. The second-order valence-electron chi connectivity index (χ2n) is 34.8. The van der Waals surface area contributed by atoms with Gasteiger partial charge in [0.2, 0.25) is 5.91 Å². The lowest BCUT2D eigenvalue weighted by Crippen LogP contribution is -2.56. The van der Waals surface area contributed by atoms with Crippen LogP contribution in [0.3, 0.4) is 0 Å². The molecular formula is C87H153NO26. The van der Waals surface area contributed by atoms with Crippen LogP contribution in [0.1, 0.15) is 311 Å². The minimum Gasteiger partial charge on any atom is -0.394 e. The van der Waals surface area contributed by atoms with Gasteiger partial charge in [-0.1, -0.05) is 99.3 Å². The number of nitrogens with one attached hydrogen (secondary N) is 1. The highest BCUT2D eigenvalue weighted by molar-refractivity contribution is 5.82. The number of hydrogen-bond donors (Lipinski definition) is 11. The highest BCUT2D eigenvalue weighted by Crippen LogP contribution is 2.40. The van der Waals surface area contributed by atoms with Crippen LogP contribution in [0, 0.1) is 35.0 Å². The second kappa shape index (κ2) is 58.4. The Hall–Kier alpha value is -3.56. The third-order valence-corrected chi connectivity index (χ3v) is 23.6.